The van der Waals surface area contributed by atoms with Crippen molar-refractivity contribution in [2.24, 2.45) is 22.7 Å². The summed E-state index contributed by atoms with van der Waals surface area (Å²) in [6.07, 6.45) is 6.14. The number of methoxy groups -OCH3 is 1. The van der Waals surface area contributed by atoms with E-state index in [0.717, 1.165) is 25.7 Å². The summed E-state index contributed by atoms with van der Waals surface area (Å²) >= 11 is -1.67. The van der Waals surface area contributed by atoms with Crippen LogP contribution < -0.4 is 5.32 Å². The molecule has 32 heavy (non-hydrogen) atoms. The fourth-order valence-corrected chi connectivity index (χ4v) is 7.40. The fraction of sp³-hybridized carbons (Fsp3) is 0.739. The summed E-state index contributed by atoms with van der Waals surface area (Å²) in [6, 6.07) is -0.464. The van der Waals surface area contributed by atoms with Gasteiger partial charge in [-0.25, -0.2) is 4.79 Å². The minimum absolute atomic E-state index is 0.0412. The number of fused-ring (bicyclic) bond motifs is 3. The van der Waals surface area contributed by atoms with Gasteiger partial charge < -0.3 is 14.8 Å². The summed E-state index contributed by atoms with van der Waals surface area (Å²) in [6.45, 7) is 9.38. The second kappa shape index (κ2) is 9.00. The first-order valence-electron chi connectivity index (χ1n) is 11.2. The number of cyclic esters (lactones) is 1. The minimum Gasteiger partial charge on any atom is -0.460 e. The van der Waals surface area contributed by atoms with Gasteiger partial charge in [-0.05, 0) is 49.4 Å². The zero-order valence-electron chi connectivity index (χ0n) is 19.0. The summed E-state index contributed by atoms with van der Waals surface area (Å²) in [5.74, 6) is -0.157. The Morgan fingerprint density at radius 1 is 1.34 bits per heavy atom. The number of carbonyl (C=O) groups excluding carboxylic acids is 2. The van der Waals surface area contributed by atoms with E-state index in [4.69, 9.17) is 17.8 Å². The van der Waals surface area contributed by atoms with Gasteiger partial charge in [-0.3, -0.25) is 13.2 Å². The van der Waals surface area contributed by atoms with Crippen molar-refractivity contribution < 1.29 is 31.6 Å². The van der Waals surface area contributed by atoms with Crippen molar-refractivity contribution in [2.45, 2.75) is 58.1 Å². The molecule has 2 aliphatic carbocycles. The van der Waals surface area contributed by atoms with Gasteiger partial charge in [0.15, 0.2) is 0 Å². The number of hydrogen-bond donors (Lipinski definition) is 1. The van der Waals surface area contributed by atoms with Gasteiger partial charge in [0.2, 0.25) is 5.91 Å². The molecule has 4 rings (SSSR count). The Bertz CT molecular complexity index is 857. The lowest BCUT2D eigenvalue weighted by atomic mass is 9.46. The molecule has 0 radical (unpaired) electrons. The highest BCUT2D eigenvalue weighted by Crippen LogP contribution is 2.63. The van der Waals surface area contributed by atoms with E-state index in [2.05, 4.69) is 25.7 Å². The summed E-state index contributed by atoms with van der Waals surface area (Å²) in [5, 5.41) is 2.81. The molecular weight excluding hydrogens is 434 g/mol. The van der Waals surface area contributed by atoms with Crippen molar-refractivity contribution in [3.05, 3.63) is 23.8 Å². The highest BCUT2D eigenvalue weighted by atomic mass is 32.2. The highest BCUT2D eigenvalue weighted by Gasteiger charge is 2.60. The van der Waals surface area contributed by atoms with Crippen LogP contribution in [0.5, 0.6) is 0 Å². The van der Waals surface area contributed by atoms with Gasteiger partial charge in [-0.15, -0.1) is 0 Å². The van der Waals surface area contributed by atoms with Crippen molar-refractivity contribution in [1.29, 1.82) is 0 Å². The first-order valence-corrected chi connectivity index (χ1v) is 12.2. The molecule has 0 aromatic heterocycles. The molecule has 2 unspecified atom stereocenters. The van der Waals surface area contributed by atoms with Gasteiger partial charge in [0.05, 0.1) is 24.3 Å². The molecule has 8 nitrogen and oxygen atoms in total. The molecule has 0 spiro atoms. The van der Waals surface area contributed by atoms with Crippen LogP contribution in [0.25, 0.3) is 0 Å². The Morgan fingerprint density at radius 2 is 2.12 bits per heavy atom. The van der Waals surface area contributed by atoms with E-state index in [1.807, 2.05) is 6.08 Å². The molecule has 9 heteroatoms. The van der Waals surface area contributed by atoms with Crippen LogP contribution in [-0.2, 0) is 38.8 Å². The average molecular weight is 468 g/mol. The number of nitrogens with one attached hydrogen (secondary N) is 1. The number of carbonyl (C=O) groups is 2. The topological polar surface area (TPSA) is 100 Å². The van der Waals surface area contributed by atoms with Gasteiger partial charge in [0.25, 0.3) is 0 Å². The molecule has 2 saturated carbocycles. The number of amides is 1. The molecule has 4 fully saturated rings. The number of allylic oxidation sites excluding steroid dienone is 2. The van der Waals surface area contributed by atoms with E-state index in [9.17, 15) is 13.8 Å². The Labute approximate surface area is 191 Å². The number of hydrogen-bond acceptors (Lipinski definition) is 7. The van der Waals surface area contributed by atoms with Crippen molar-refractivity contribution in [1.82, 2.24) is 5.32 Å². The molecule has 1 N–H and O–H groups in total. The average Bonchev–Trinajstić information content (AvgIpc) is 3.07. The van der Waals surface area contributed by atoms with Crippen LogP contribution in [0.4, 0.5) is 0 Å². The van der Waals surface area contributed by atoms with Crippen LogP contribution in [0, 0.1) is 22.7 Å². The van der Waals surface area contributed by atoms with E-state index >= 15 is 0 Å². The predicted molar refractivity (Wildman–Crippen MR) is 117 cm³/mol. The van der Waals surface area contributed by atoms with Crippen LogP contribution in [0.15, 0.2) is 23.8 Å². The van der Waals surface area contributed by atoms with E-state index < -0.39 is 17.4 Å². The molecule has 0 aromatic rings. The van der Waals surface area contributed by atoms with Crippen molar-refractivity contribution in [2.75, 3.05) is 26.9 Å². The second-order valence-electron chi connectivity index (χ2n) is 9.95. The largest absolute Gasteiger partial charge is 0.460 e. The summed E-state index contributed by atoms with van der Waals surface area (Å²) in [7, 11) is 1.45. The van der Waals surface area contributed by atoms with Gasteiger partial charge in [-0.1, -0.05) is 32.1 Å². The fourth-order valence-electron chi connectivity index (χ4n) is 6.49. The van der Waals surface area contributed by atoms with Crippen LogP contribution in [0.1, 0.15) is 46.0 Å². The molecule has 1 amide bonds. The Balaban J connectivity index is 1.55. The zero-order chi connectivity index (χ0) is 23.1. The van der Waals surface area contributed by atoms with Crippen LogP contribution in [0.2, 0.25) is 0 Å². The predicted octanol–water partition coefficient (Wildman–Crippen LogP) is 2.37. The molecule has 2 heterocycles. The molecule has 2 aliphatic heterocycles. The third-order valence-corrected chi connectivity index (χ3v) is 8.85. The quantitative estimate of drug-likeness (QED) is 0.376. The molecule has 7 atom stereocenters. The van der Waals surface area contributed by atoms with Crippen LogP contribution in [-0.4, -0.2) is 55.2 Å². The van der Waals surface area contributed by atoms with Crippen molar-refractivity contribution >= 4 is 23.2 Å². The second-order valence-corrected chi connectivity index (χ2v) is 10.8. The normalized spacial score (nSPS) is 42.8. The molecule has 0 bridgehead atoms. The molecule has 2 saturated heterocycles. The molecule has 0 aromatic carbocycles. The van der Waals surface area contributed by atoms with Crippen molar-refractivity contribution in [3.8, 4) is 0 Å². The van der Waals surface area contributed by atoms with Gasteiger partial charge in [-0.2, -0.15) is 4.21 Å². The summed E-state index contributed by atoms with van der Waals surface area (Å²) in [4.78, 5) is 24.3. The van der Waals surface area contributed by atoms with E-state index in [0.29, 0.717) is 24.5 Å². The first-order chi connectivity index (χ1) is 15.2. The van der Waals surface area contributed by atoms with Crippen LogP contribution in [0.3, 0.4) is 0 Å². The highest BCUT2D eigenvalue weighted by molar-refractivity contribution is 7.75. The molecule has 4 aliphatic rings. The third-order valence-electron chi connectivity index (χ3n) is 8.15. The van der Waals surface area contributed by atoms with Gasteiger partial charge in [0, 0.05) is 12.5 Å². The van der Waals surface area contributed by atoms with Gasteiger partial charge >= 0.3 is 17.3 Å². The lowest BCUT2D eigenvalue weighted by molar-refractivity contribution is -0.154. The minimum atomic E-state index is -1.67. The third kappa shape index (κ3) is 4.08. The molecular formula is C23H33NO7S. The van der Waals surface area contributed by atoms with Gasteiger partial charge in [0.1, 0.15) is 13.2 Å². The standard InChI is InChI=1S/C23H33NO7S/c1-14-5-8-18-22(2,10-9-19-23(18,3)13-30-32(27)31-19)16(14)7-6-15-17(11-29-21(15)26)24-20(25)12-28-4/h6,16-19H,1,5,7-13H2,2-4H3,(H,24,25)/b15-6+/t16-,17?,18+,19-,22+,23+,32?/m1/s1. The Morgan fingerprint density at radius 3 is 2.88 bits per heavy atom. The molecule has 178 valence electrons. The van der Waals surface area contributed by atoms with E-state index in [-0.39, 0.29) is 47.9 Å². The first kappa shape index (κ1) is 23.6. The number of rotatable bonds is 5. The van der Waals surface area contributed by atoms with Crippen LogP contribution >= 0.6 is 0 Å². The maximum atomic E-state index is 12.4. The summed E-state index contributed by atoms with van der Waals surface area (Å²) < 4.78 is 33.0. The SMILES string of the molecule is C=C1CC[C@@H]2[C@]3(C)COS(=O)O[C@@H]3CC[C@@]2(C)[C@@H]1C/C=C1/C(=O)OCC1NC(=O)COC. The lowest BCUT2D eigenvalue weighted by Crippen LogP contribution is -2.60. The Kier molecular flexibility index (Phi) is 6.64. The number of esters is 1. The zero-order valence-corrected chi connectivity index (χ0v) is 19.8. The summed E-state index contributed by atoms with van der Waals surface area (Å²) in [5.41, 5.74) is 1.43. The number of ether oxygens (including phenoxy) is 2. The monoisotopic (exact) mass is 467 g/mol. The smallest absolute Gasteiger partial charge is 0.336 e. The van der Waals surface area contributed by atoms with E-state index in [1.165, 1.54) is 12.7 Å². The van der Waals surface area contributed by atoms with Crippen molar-refractivity contribution in [3.63, 3.8) is 0 Å². The maximum absolute atomic E-state index is 12.4. The maximum Gasteiger partial charge on any atom is 0.336 e. The lowest BCUT2D eigenvalue weighted by Gasteiger charge is -2.61. The van der Waals surface area contributed by atoms with E-state index in [1.54, 1.807) is 0 Å². The Hall–Kier alpha value is -1.55.